The van der Waals surface area contributed by atoms with E-state index in [9.17, 15) is 93.8 Å². The molecule has 3 aromatic rings. The summed E-state index contributed by atoms with van der Waals surface area (Å²) in [6, 6.07) is 21.5. The van der Waals surface area contributed by atoms with Crippen LogP contribution in [0.4, 0.5) is 0 Å². The molecule has 119 heavy (non-hydrogen) atoms. The smallest absolute Gasteiger partial charge is 0.328 e. The summed E-state index contributed by atoms with van der Waals surface area (Å²) in [6.07, 6.45) is 15.7. The highest BCUT2D eigenvalue weighted by Crippen LogP contribution is 2.42. The van der Waals surface area contributed by atoms with Gasteiger partial charge in [-0.15, -0.1) is 40.5 Å². The quantitative estimate of drug-likeness (QED) is 0.0107. The van der Waals surface area contributed by atoms with E-state index >= 15 is 0 Å². The van der Waals surface area contributed by atoms with E-state index in [-0.39, 0.29) is 107 Å². The van der Waals surface area contributed by atoms with Gasteiger partial charge in [-0.1, -0.05) is 123 Å². The lowest BCUT2D eigenvalue weighted by atomic mass is 9.84. The lowest BCUT2D eigenvalue weighted by molar-refractivity contribution is -0.757. The number of nitrogens with one attached hydrogen (secondary N) is 3. The zero-order valence-corrected chi connectivity index (χ0v) is 68.6. The van der Waals surface area contributed by atoms with Gasteiger partial charge in [0.1, 0.15) is 49.5 Å². The number of hydrogen-bond acceptors (Lipinski definition) is 30. The van der Waals surface area contributed by atoms with E-state index in [1.807, 2.05) is 91.0 Å². The predicted octanol–water partition coefficient (Wildman–Crippen LogP) is 7.18. The van der Waals surface area contributed by atoms with Crippen LogP contribution in [0.3, 0.4) is 0 Å². The number of likely N-dealkylation sites (tertiary alicyclic amines) is 3. The number of thioether (sulfide) groups is 1. The van der Waals surface area contributed by atoms with Gasteiger partial charge < -0.3 is 68.9 Å². The number of hydrogen-bond donors (Lipinski definition) is 6. The fraction of sp³-hybridized carbons (Fsp3) is 0.662. The topological polar surface area (TPSA) is 512 Å². The first kappa shape index (κ1) is 97.7. The lowest BCUT2D eigenvalue weighted by Crippen LogP contribution is -2.55. The van der Waals surface area contributed by atoms with E-state index < -0.39 is 111 Å². The molecular formula is C80H117N11O27S. The number of carbonyl (C=O) groups is 9. The minimum absolute atomic E-state index is 0.00246. The third-order valence-electron chi connectivity index (χ3n) is 21.5. The van der Waals surface area contributed by atoms with Crippen molar-refractivity contribution in [2.24, 2.45) is 17.6 Å². The van der Waals surface area contributed by atoms with Crippen molar-refractivity contribution in [3.63, 3.8) is 0 Å². The largest absolute Gasteiger partial charge is 0.480 e. The van der Waals surface area contributed by atoms with Crippen LogP contribution < -0.4 is 21.7 Å². The number of esters is 4. The van der Waals surface area contributed by atoms with Crippen molar-refractivity contribution in [2.45, 2.75) is 247 Å². The zero-order valence-electron chi connectivity index (χ0n) is 67.8. The summed E-state index contributed by atoms with van der Waals surface area (Å²) in [5.41, 5.74) is 8.75. The van der Waals surface area contributed by atoms with E-state index in [2.05, 4.69) is 35.3 Å². The molecule has 5 aliphatic rings. The molecule has 3 saturated heterocycles. The average Bonchev–Trinajstić information content (AvgIpc) is 1.64. The van der Waals surface area contributed by atoms with Crippen LogP contribution in [0.1, 0.15) is 178 Å². The number of aryl methyl sites for hydroxylation is 3. The number of rotatable bonds is 52. The van der Waals surface area contributed by atoms with Gasteiger partial charge in [-0.2, -0.15) is 11.8 Å². The number of benzene rings is 3. The summed E-state index contributed by atoms with van der Waals surface area (Å²) in [5, 5.41) is 66.6. The summed E-state index contributed by atoms with van der Waals surface area (Å²) in [5.74, 6) is -3.86. The number of carboxylic acids is 2. The highest BCUT2D eigenvalue weighted by atomic mass is 32.2. The molecule has 2 aliphatic carbocycles. The Labute approximate surface area is 695 Å². The van der Waals surface area contributed by atoms with Gasteiger partial charge in [-0.3, -0.25) is 44.7 Å². The molecule has 39 heteroatoms. The maximum absolute atomic E-state index is 13.8. The van der Waals surface area contributed by atoms with Gasteiger partial charge in [0, 0.05) is 43.0 Å². The highest BCUT2D eigenvalue weighted by Gasteiger charge is 2.51. The Bertz CT molecular complexity index is 3510. The molecule has 5 fully saturated rings. The van der Waals surface area contributed by atoms with Crippen LogP contribution >= 0.6 is 11.8 Å². The molecule has 3 aliphatic heterocycles. The van der Waals surface area contributed by atoms with Gasteiger partial charge in [0.05, 0.1) is 57.8 Å². The third kappa shape index (κ3) is 35.0. The third-order valence-corrected chi connectivity index (χ3v) is 22.4. The molecule has 0 spiro atoms. The molecule has 3 amide bonds. The number of nitrogens with zero attached hydrogens (tertiary/aromatic N) is 7. The van der Waals surface area contributed by atoms with Crippen molar-refractivity contribution in [1.82, 2.24) is 30.7 Å². The van der Waals surface area contributed by atoms with Gasteiger partial charge in [0.15, 0.2) is 0 Å². The molecule has 3 heterocycles. The number of aliphatic carboxylic acids is 2. The molecule has 38 nitrogen and oxygen atoms in total. The Morgan fingerprint density at radius 3 is 1.26 bits per heavy atom. The number of fused-ring (bicyclic) bond motifs is 2. The first-order valence-electron chi connectivity index (χ1n) is 41.1. The van der Waals surface area contributed by atoms with E-state index in [4.69, 9.17) is 24.7 Å². The second-order valence-electron chi connectivity index (χ2n) is 29.9. The van der Waals surface area contributed by atoms with Crippen LogP contribution in [0.5, 0.6) is 0 Å². The summed E-state index contributed by atoms with van der Waals surface area (Å²) in [4.78, 5) is 179. The van der Waals surface area contributed by atoms with Crippen molar-refractivity contribution in [2.75, 3.05) is 77.5 Å². The summed E-state index contributed by atoms with van der Waals surface area (Å²) < 4.78 is 21.6. The molecule has 13 atom stereocenters. The Hall–Kier alpha value is -10.1. The first-order chi connectivity index (χ1) is 57.3. The minimum Gasteiger partial charge on any atom is -0.480 e. The maximum Gasteiger partial charge on any atom is 0.328 e. The highest BCUT2D eigenvalue weighted by molar-refractivity contribution is 7.99. The van der Waals surface area contributed by atoms with Crippen molar-refractivity contribution >= 4 is 65.3 Å². The molecule has 0 aromatic heterocycles. The van der Waals surface area contributed by atoms with E-state index in [1.54, 1.807) is 23.6 Å². The molecule has 660 valence electrons. The van der Waals surface area contributed by atoms with Crippen LogP contribution in [0.2, 0.25) is 0 Å². The van der Waals surface area contributed by atoms with Crippen LogP contribution in [-0.2, 0) is 101 Å². The van der Waals surface area contributed by atoms with Crippen LogP contribution in [0.25, 0.3) is 0 Å². The zero-order chi connectivity index (χ0) is 86.4. The Morgan fingerprint density at radius 2 is 0.824 bits per heavy atom. The average molecular weight is 1700 g/mol. The summed E-state index contributed by atoms with van der Waals surface area (Å²) in [6.45, 7) is 3.69. The monoisotopic (exact) mass is 1700 g/mol. The van der Waals surface area contributed by atoms with E-state index in [1.165, 1.54) is 16.7 Å². The maximum atomic E-state index is 13.8. The van der Waals surface area contributed by atoms with Crippen molar-refractivity contribution in [3.8, 4) is 0 Å². The molecule has 13 unspecified atom stereocenters. The normalized spacial score (nSPS) is 19.9. The van der Waals surface area contributed by atoms with E-state index in [0.29, 0.717) is 127 Å². The number of unbranched alkanes of at least 4 members (excludes halogenated alkanes) is 3. The van der Waals surface area contributed by atoms with Gasteiger partial charge in [0.2, 0.25) is 17.7 Å². The summed E-state index contributed by atoms with van der Waals surface area (Å²) in [7, 11) is 0. The number of carbonyl (C=O) groups excluding carboxylic acids is 7. The van der Waals surface area contributed by atoms with Crippen LogP contribution in [0, 0.1) is 52.3 Å². The first-order valence-corrected chi connectivity index (χ1v) is 42.3. The number of carboxylic acid groups (broad SMARTS) is 2. The van der Waals surface area contributed by atoms with Crippen molar-refractivity contribution < 1.29 is 112 Å². The molecular weight excluding hydrogens is 1580 g/mol. The van der Waals surface area contributed by atoms with Crippen molar-refractivity contribution in [3.05, 3.63) is 148 Å². The second-order valence-corrected chi connectivity index (χ2v) is 31.1. The second kappa shape index (κ2) is 54.1. The number of ether oxygens (including phenoxy) is 4. The van der Waals surface area contributed by atoms with Gasteiger partial charge in [-0.25, -0.2) is 14.4 Å². The molecule has 8 rings (SSSR count). The fourth-order valence-corrected chi connectivity index (χ4v) is 16.3. The number of amides is 3. The molecule has 7 N–H and O–H groups in total. The van der Waals surface area contributed by atoms with Crippen LogP contribution in [-0.4, -0.2) is 243 Å². The van der Waals surface area contributed by atoms with Gasteiger partial charge >= 0.3 is 35.8 Å². The fourth-order valence-electron chi connectivity index (χ4n) is 15.7. The standard InChI is InChI=1S/C27H41N5O11.C27H39N3O8.C26H37N3O8S/c28-15-5-4-11-22(25(33)30-16-6-12-24(30)27(35)41-18-8-20-43-32(38)39)29-23(14-13-21-9-2-1-3-10-21)26(34)40-17-7-19-42-31(36)37;1-19(25(31)29-23-13-7-6-12-21(23)18-24(29)26(32)33)28-22(15-14-20-10-4-2-5-11-20)27(34)37-16-8-3-9-17-38-30(35)36;1-18(24(30)28-22-10-6-5-9-20(22)17-23(28)25(31)32)27-21(12-11-19-7-3-2-4-8-19)26(33)36-13-15-38-16-14-37-29(34)35/h1-3,9-10,22-24,29H,4-8,11-20,28H2;2,4-5,10-11,19,21-24,28H,3,6-9,12-18H2,1H3,(H,32,33);2-4,7-8,18,20-23,27H,5-6,9-17H2,1H3,(H,31,32). The SMILES string of the molecule is CC(NC(CCc1ccccc1)C(=O)OCCCCCO[N+](=O)[O-])C(=O)N1C(C(=O)O)CC2CCCCC21.CC(NC(CCc1ccccc1)C(=O)OCCSCCO[N+](=O)[O-])C(=O)N1C(C(=O)O)CC2CCCCC21.NCCCCC(NC(CCc1ccccc1)C(=O)OCCCO[N+](=O)[O-])C(=O)N1CCCC1C(=O)OCCCO[N+](=O)[O-]. The Morgan fingerprint density at radius 1 is 0.437 bits per heavy atom. The van der Waals surface area contributed by atoms with Crippen LogP contribution in [0.15, 0.2) is 91.0 Å². The number of nitrogens with two attached hydrogens (primary N) is 1. The lowest BCUT2D eigenvalue weighted by Gasteiger charge is -2.35. The van der Waals surface area contributed by atoms with Crippen molar-refractivity contribution in [1.29, 1.82) is 0 Å². The molecule has 3 aromatic carbocycles. The minimum atomic E-state index is -0.985. The Balaban J connectivity index is 0.000000278. The summed E-state index contributed by atoms with van der Waals surface area (Å²) >= 11 is 1.36. The van der Waals surface area contributed by atoms with Gasteiger partial charge in [0.25, 0.3) is 20.3 Å². The van der Waals surface area contributed by atoms with Gasteiger partial charge in [-0.05, 0) is 171 Å². The molecule has 0 radical (unpaired) electrons. The molecule has 0 bridgehead atoms. The predicted molar refractivity (Wildman–Crippen MR) is 429 cm³/mol. The van der Waals surface area contributed by atoms with E-state index in [0.717, 1.165) is 68.1 Å². The Kier molecular flexibility index (Phi) is 44.4. The molecule has 2 saturated carbocycles.